The van der Waals surface area contributed by atoms with Gasteiger partial charge in [0.15, 0.2) is 5.96 Å². The fourth-order valence-electron chi connectivity index (χ4n) is 3.16. The number of benzene rings is 2. The summed E-state index contributed by atoms with van der Waals surface area (Å²) in [5.41, 5.74) is 2.59. The monoisotopic (exact) mass is 465 g/mol. The van der Waals surface area contributed by atoms with Crippen LogP contribution in [0.1, 0.15) is 30.4 Å². The summed E-state index contributed by atoms with van der Waals surface area (Å²) in [4.78, 5) is 4.33. The largest absolute Gasteiger partial charge is 0.494 e. The molecule has 2 aromatic rings. The van der Waals surface area contributed by atoms with Crippen molar-refractivity contribution in [3.63, 3.8) is 0 Å². The van der Waals surface area contributed by atoms with Gasteiger partial charge in [0.1, 0.15) is 5.75 Å². The Bertz CT molecular complexity index is 705. The van der Waals surface area contributed by atoms with E-state index >= 15 is 0 Å². The lowest BCUT2D eigenvalue weighted by molar-refractivity contribution is 0.336. The van der Waals surface area contributed by atoms with Gasteiger partial charge in [-0.15, -0.1) is 24.0 Å². The van der Waals surface area contributed by atoms with Crippen LogP contribution >= 0.6 is 24.0 Å². The van der Waals surface area contributed by atoms with Crippen LogP contribution in [0.3, 0.4) is 0 Å². The van der Waals surface area contributed by atoms with Gasteiger partial charge in [0.25, 0.3) is 0 Å². The molecular weight excluding hydrogens is 437 g/mol. The van der Waals surface area contributed by atoms with Gasteiger partial charge in [0.2, 0.25) is 0 Å². The van der Waals surface area contributed by atoms with E-state index in [2.05, 4.69) is 52.0 Å². The van der Waals surface area contributed by atoms with Gasteiger partial charge < -0.3 is 15.4 Å². The first-order valence-electron chi connectivity index (χ1n) is 9.02. The average Bonchev–Trinajstić information content (AvgIpc) is 3.44. The molecule has 1 saturated carbocycles. The molecule has 2 N–H and O–H groups in total. The van der Waals surface area contributed by atoms with Crippen molar-refractivity contribution in [3.8, 4) is 5.75 Å². The van der Waals surface area contributed by atoms with Crippen molar-refractivity contribution in [3.05, 3.63) is 65.7 Å². The number of guanidine groups is 1. The van der Waals surface area contributed by atoms with Crippen LogP contribution in [0.25, 0.3) is 0 Å². The Morgan fingerprint density at radius 3 is 2.54 bits per heavy atom. The number of halogens is 1. The minimum Gasteiger partial charge on any atom is -0.494 e. The fraction of sp³-hybridized carbons (Fsp3) is 0.381. The van der Waals surface area contributed by atoms with Crippen LogP contribution < -0.4 is 15.4 Å². The molecule has 3 rings (SSSR count). The molecule has 5 heteroatoms. The molecular formula is C21H28IN3O. The minimum atomic E-state index is 0. The summed E-state index contributed by atoms with van der Waals surface area (Å²) in [6.45, 7) is 4.32. The lowest BCUT2D eigenvalue weighted by atomic mass is 10.1. The SMILES string of the molecule is CCOc1ccccc1CNC(=NC)NCC1CC1c1ccccc1.I. The van der Waals surface area contributed by atoms with Gasteiger partial charge in [0.05, 0.1) is 6.61 Å². The summed E-state index contributed by atoms with van der Waals surface area (Å²) >= 11 is 0. The minimum absolute atomic E-state index is 0. The quantitative estimate of drug-likeness (QED) is 0.367. The molecule has 2 aromatic carbocycles. The van der Waals surface area contributed by atoms with Crippen LogP contribution in [0.2, 0.25) is 0 Å². The number of nitrogens with zero attached hydrogens (tertiary/aromatic N) is 1. The number of aliphatic imine (C=N–C) groups is 1. The Morgan fingerprint density at radius 2 is 1.81 bits per heavy atom. The van der Waals surface area contributed by atoms with Gasteiger partial charge in [-0.3, -0.25) is 4.99 Å². The lowest BCUT2D eigenvalue weighted by Gasteiger charge is -2.14. The molecule has 1 fully saturated rings. The molecule has 0 saturated heterocycles. The first-order valence-corrected chi connectivity index (χ1v) is 9.02. The van der Waals surface area contributed by atoms with E-state index in [1.165, 1.54) is 12.0 Å². The summed E-state index contributed by atoms with van der Waals surface area (Å²) in [7, 11) is 1.81. The van der Waals surface area contributed by atoms with E-state index in [9.17, 15) is 0 Å². The third-order valence-electron chi connectivity index (χ3n) is 4.62. The van der Waals surface area contributed by atoms with Crippen LogP contribution in [0.15, 0.2) is 59.6 Å². The van der Waals surface area contributed by atoms with Crippen LogP contribution in [0.4, 0.5) is 0 Å². The summed E-state index contributed by atoms with van der Waals surface area (Å²) in [6.07, 6.45) is 1.25. The van der Waals surface area contributed by atoms with E-state index in [0.717, 1.165) is 23.8 Å². The van der Waals surface area contributed by atoms with E-state index in [-0.39, 0.29) is 24.0 Å². The van der Waals surface area contributed by atoms with E-state index in [0.29, 0.717) is 25.0 Å². The van der Waals surface area contributed by atoms with Crippen LogP contribution in [0, 0.1) is 5.92 Å². The van der Waals surface area contributed by atoms with E-state index in [4.69, 9.17) is 4.74 Å². The van der Waals surface area contributed by atoms with Crippen molar-refractivity contribution in [2.45, 2.75) is 25.8 Å². The number of para-hydroxylation sites is 1. The molecule has 1 aliphatic rings. The molecule has 0 bridgehead atoms. The van der Waals surface area contributed by atoms with Gasteiger partial charge in [0, 0.05) is 25.7 Å². The number of hydrogen-bond acceptors (Lipinski definition) is 2. The topological polar surface area (TPSA) is 45.6 Å². The van der Waals surface area contributed by atoms with Crippen LogP contribution in [-0.4, -0.2) is 26.2 Å². The molecule has 0 spiro atoms. The first-order chi connectivity index (χ1) is 12.3. The van der Waals surface area contributed by atoms with E-state index in [1.807, 2.05) is 32.2 Å². The number of ether oxygens (including phenoxy) is 1. The molecule has 0 heterocycles. The Kier molecular flexibility index (Phi) is 8.22. The zero-order valence-electron chi connectivity index (χ0n) is 15.4. The second kappa shape index (κ2) is 10.4. The molecule has 26 heavy (non-hydrogen) atoms. The zero-order valence-corrected chi connectivity index (χ0v) is 17.8. The third kappa shape index (κ3) is 5.62. The number of nitrogens with one attached hydrogen (secondary N) is 2. The molecule has 140 valence electrons. The van der Waals surface area contributed by atoms with Gasteiger partial charge in [-0.1, -0.05) is 48.5 Å². The van der Waals surface area contributed by atoms with Crippen LogP contribution in [0.5, 0.6) is 5.75 Å². The average molecular weight is 465 g/mol. The maximum atomic E-state index is 5.67. The first kappa shape index (κ1) is 20.6. The Labute approximate surface area is 173 Å². The standard InChI is InChI=1S/C21H27N3O.HI/c1-3-25-20-12-8-7-11-17(20)14-23-21(22-2)24-15-18-13-19(18)16-9-5-4-6-10-16;/h4-12,18-19H,3,13-15H2,1-2H3,(H2,22,23,24);1H. The Balaban J connectivity index is 0.00000243. The maximum absolute atomic E-state index is 5.67. The zero-order chi connectivity index (χ0) is 17.5. The van der Waals surface area contributed by atoms with Crippen molar-refractivity contribution >= 4 is 29.9 Å². The highest BCUT2D eigenvalue weighted by atomic mass is 127. The highest BCUT2D eigenvalue weighted by Crippen LogP contribution is 2.46. The third-order valence-corrected chi connectivity index (χ3v) is 4.62. The van der Waals surface area contributed by atoms with Crippen molar-refractivity contribution < 1.29 is 4.74 Å². The predicted molar refractivity (Wildman–Crippen MR) is 119 cm³/mol. The fourth-order valence-corrected chi connectivity index (χ4v) is 3.16. The van der Waals surface area contributed by atoms with Gasteiger partial charge in [-0.2, -0.15) is 0 Å². The highest BCUT2D eigenvalue weighted by Gasteiger charge is 2.37. The molecule has 1 aliphatic carbocycles. The summed E-state index contributed by atoms with van der Waals surface area (Å²) in [6, 6.07) is 18.9. The van der Waals surface area contributed by atoms with Crippen molar-refractivity contribution in [2.75, 3.05) is 20.2 Å². The maximum Gasteiger partial charge on any atom is 0.191 e. The number of rotatable bonds is 7. The summed E-state index contributed by atoms with van der Waals surface area (Å²) in [5, 5.41) is 6.83. The normalized spacial score (nSPS) is 18.6. The molecule has 0 amide bonds. The van der Waals surface area contributed by atoms with Crippen molar-refractivity contribution in [1.29, 1.82) is 0 Å². The van der Waals surface area contributed by atoms with Gasteiger partial charge >= 0.3 is 0 Å². The second-order valence-electron chi connectivity index (χ2n) is 6.36. The Hall–Kier alpha value is -1.76. The van der Waals surface area contributed by atoms with E-state index in [1.54, 1.807) is 0 Å². The molecule has 0 aromatic heterocycles. The molecule has 0 aliphatic heterocycles. The lowest BCUT2D eigenvalue weighted by Crippen LogP contribution is -2.38. The van der Waals surface area contributed by atoms with E-state index < -0.39 is 0 Å². The van der Waals surface area contributed by atoms with Crippen molar-refractivity contribution in [2.24, 2.45) is 10.9 Å². The summed E-state index contributed by atoms with van der Waals surface area (Å²) in [5.74, 6) is 3.14. The Morgan fingerprint density at radius 1 is 1.08 bits per heavy atom. The highest BCUT2D eigenvalue weighted by molar-refractivity contribution is 14.0. The van der Waals surface area contributed by atoms with Crippen molar-refractivity contribution in [1.82, 2.24) is 10.6 Å². The number of hydrogen-bond donors (Lipinski definition) is 2. The second-order valence-corrected chi connectivity index (χ2v) is 6.36. The van der Waals surface area contributed by atoms with Gasteiger partial charge in [-0.05, 0) is 36.8 Å². The predicted octanol–water partition coefficient (Wildman–Crippen LogP) is 4.17. The molecule has 2 atom stereocenters. The molecule has 2 unspecified atom stereocenters. The summed E-state index contributed by atoms with van der Waals surface area (Å²) < 4.78 is 5.67. The van der Waals surface area contributed by atoms with Gasteiger partial charge in [-0.25, -0.2) is 0 Å². The molecule has 0 radical (unpaired) electrons. The molecule has 4 nitrogen and oxygen atoms in total. The van der Waals surface area contributed by atoms with Crippen LogP contribution in [-0.2, 0) is 6.54 Å². The smallest absolute Gasteiger partial charge is 0.191 e.